The van der Waals surface area contributed by atoms with Crippen molar-refractivity contribution in [2.75, 3.05) is 6.54 Å². The summed E-state index contributed by atoms with van der Waals surface area (Å²) >= 11 is 0. The molecular weight excluding hydrogens is 316 g/mol. The molecule has 2 aromatic carbocycles. The molecule has 0 saturated heterocycles. The molecule has 0 aliphatic rings. The molecule has 1 aromatic heterocycles. The minimum absolute atomic E-state index is 0.0593. The molecule has 0 unspecified atom stereocenters. The Balaban J connectivity index is 1.49. The second-order valence-corrected chi connectivity index (χ2v) is 5.91. The van der Waals surface area contributed by atoms with Crippen LogP contribution in [0, 0.1) is 0 Å². The van der Waals surface area contributed by atoms with Gasteiger partial charge in [-0.15, -0.1) is 0 Å². The summed E-state index contributed by atoms with van der Waals surface area (Å²) in [6.45, 7) is 1.79. The van der Waals surface area contributed by atoms with Crippen molar-refractivity contribution in [2.24, 2.45) is 0 Å². The van der Waals surface area contributed by atoms with Gasteiger partial charge in [-0.05, 0) is 24.6 Å². The second kappa shape index (κ2) is 7.66. The molecule has 3 aromatic rings. The van der Waals surface area contributed by atoms with E-state index in [0.29, 0.717) is 5.76 Å². The zero-order valence-corrected chi connectivity index (χ0v) is 14.0. The number of nitrogens with one attached hydrogen (secondary N) is 2. The van der Waals surface area contributed by atoms with Gasteiger partial charge in [0.2, 0.25) is 11.8 Å². The summed E-state index contributed by atoms with van der Waals surface area (Å²) in [6, 6.07) is 18.7. The van der Waals surface area contributed by atoms with Crippen LogP contribution in [0.5, 0.6) is 0 Å². The quantitative estimate of drug-likeness (QED) is 0.727. The van der Waals surface area contributed by atoms with Crippen LogP contribution in [0.15, 0.2) is 65.1 Å². The van der Waals surface area contributed by atoms with Gasteiger partial charge in [-0.1, -0.05) is 48.5 Å². The molecule has 3 rings (SSSR count). The van der Waals surface area contributed by atoms with Gasteiger partial charge in [0.05, 0.1) is 19.0 Å². The van der Waals surface area contributed by atoms with Crippen molar-refractivity contribution in [3.05, 3.63) is 72.0 Å². The van der Waals surface area contributed by atoms with E-state index in [4.69, 9.17) is 4.42 Å². The summed E-state index contributed by atoms with van der Waals surface area (Å²) in [5.74, 6) is 0.247. The highest BCUT2D eigenvalue weighted by Gasteiger charge is 2.14. The Labute approximate surface area is 146 Å². The Kier molecular flexibility index (Phi) is 5.14. The number of hydrogen-bond acceptors (Lipinski definition) is 3. The molecule has 0 fully saturated rings. The second-order valence-electron chi connectivity index (χ2n) is 5.91. The monoisotopic (exact) mass is 336 g/mol. The first-order valence-electron chi connectivity index (χ1n) is 8.20. The van der Waals surface area contributed by atoms with Gasteiger partial charge >= 0.3 is 0 Å². The van der Waals surface area contributed by atoms with E-state index >= 15 is 0 Å². The molecule has 0 aliphatic carbocycles. The largest absolute Gasteiger partial charge is 0.459 e. The third-order valence-corrected chi connectivity index (χ3v) is 3.90. The van der Waals surface area contributed by atoms with Crippen LogP contribution in [-0.2, 0) is 16.0 Å². The maximum atomic E-state index is 12.0. The number of benzene rings is 2. The normalized spacial score (nSPS) is 11.9. The molecule has 5 nitrogen and oxygen atoms in total. The van der Waals surface area contributed by atoms with Gasteiger partial charge in [0.15, 0.2) is 0 Å². The van der Waals surface area contributed by atoms with Crippen molar-refractivity contribution in [1.82, 2.24) is 10.6 Å². The number of carbonyl (C=O) groups is 2. The van der Waals surface area contributed by atoms with Crippen molar-refractivity contribution in [2.45, 2.75) is 19.4 Å². The molecule has 0 aliphatic heterocycles. The molecular formula is C20H20N2O3. The van der Waals surface area contributed by atoms with E-state index in [9.17, 15) is 9.59 Å². The van der Waals surface area contributed by atoms with Crippen molar-refractivity contribution in [3.63, 3.8) is 0 Å². The van der Waals surface area contributed by atoms with Gasteiger partial charge in [0, 0.05) is 5.39 Å². The highest BCUT2D eigenvalue weighted by Crippen LogP contribution is 2.23. The van der Waals surface area contributed by atoms with Gasteiger partial charge < -0.3 is 15.1 Å². The Morgan fingerprint density at radius 3 is 2.48 bits per heavy atom. The number of hydrogen-bond donors (Lipinski definition) is 2. The van der Waals surface area contributed by atoms with Crippen molar-refractivity contribution < 1.29 is 14.0 Å². The summed E-state index contributed by atoms with van der Waals surface area (Å²) in [5, 5.41) is 6.46. The topological polar surface area (TPSA) is 71.3 Å². The number of amides is 2. The lowest BCUT2D eigenvalue weighted by atomic mass is 10.1. The predicted octanol–water partition coefficient (Wildman–Crippen LogP) is 2.97. The van der Waals surface area contributed by atoms with Crippen LogP contribution >= 0.6 is 0 Å². The highest BCUT2D eigenvalue weighted by atomic mass is 16.3. The highest BCUT2D eigenvalue weighted by molar-refractivity contribution is 5.86. The van der Waals surface area contributed by atoms with Crippen LogP contribution in [0.1, 0.15) is 24.3 Å². The van der Waals surface area contributed by atoms with Gasteiger partial charge in [-0.2, -0.15) is 0 Å². The SMILES string of the molecule is C[C@@H](NC(=O)CNC(=O)Cc1ccccc1)c1cc2ccccc2o1. The van der Waals surface area contributed by atoms with Crippen LogP contribution in [0.25, 0.3) is 11.0 Å². The summed E-state index contributed by atoms with van der Waals surface area (Å²) in [4.78, 5) is 23.9. The Bertz CT molecular complexity index is 838. The van der Waals surface area contributed by atoms with Gasteiger partial charge in [0.1, 0.15) is 11.3 Å². The van der Waals surface area contributed by atoms with E-state index in [1.54, 1.807) is 0 Å². The Morgan fingerprint density at radius 2 is 1.72 bits per heavy atom. The molecule has 2 N–H and O–H groups in total. The van der Waals surface area contributed by atoms with Crippen LogP contribution in [0.3, 0.4) is 0 Å². The summed E-state index contributed by atoms with van der Waals surface area (Å²) in [7, 11) is 0. The molecule has 25 heavy (non-hydrogen) atoms. The third kappa shape index (κ3) is 4.47. The first kappa shape index (κ1) is 16.8. The standard InChI is InChI=1S/C20H20N2O3/c1-14(18-12-16-9-5-6-10-17(16)25-18)22-20(24)13-21-19(23)11-15-7-3-2-4-8-15/h2-10,12,14H,11,13H2,1H3,(H,21,23)(H,22,24)/t14-/m1/s1. The fourth-order valence-electron chi connectivity index (χ4n) is 2.60. The number of furan rings is 1. The van der Waals surface area contributed by atoms with Gasteiger partial charge in [0.25, 0.3) is 0 Å². The van der Waals surface area contributed by atoms with E-state index in [-0.39, 0.29) is 30.8 Å². The number of para-hydroxylation sites is 1. The third-order valence-electron chi connectivity index (χ3n) is 3.90. The maximum absolute atomic E-state index is 12.0. The molecule has 0 spiro atoms. The fraction of sp³-hybridized carbons (Fsp3) is 0.200. The number of carbonyl (C=O) groups excluding carboxylic acids is 2. The molecule has 0 radical (unpaired) electrons. The minimum atomic E-state index is -0.272. The first-order valence-corrected chi connectivity index (χ1v) is 8.20. The summed E-state index contributed by atoms with van der Waals surface area (Å²) in [6.07, 6.45) is 0.257. The molecule has 5 heteroatoms. The van der Waals surface area contributed by atoms with E-state index in [1.165, 1.54) is 0 Å². The molecule has 1 atom stereocenters. The molecule has 0 bridgehead atoms. The van der Waals surface area contributed by atoms with Crippen LogP contribution in [0.4, 0.5) is 0 Å². The molecule has 128 valence electrons. The Morgan fingerprint density at radius 1 is 1.00 bits per heavy atom. The smallest absolute Gasteiger partial charge is 0.239 e. The van der Waals surface area contributed by atoms with Crippen LogP contribution in [0.2, 0.25) is 0 Å². The number of fused-ring (bicyclic) bond motifs is 1. The zero-order chi connectivity index (χ0) is 17.6. The van der Waals surface area contributed by atoms with Gasteiger partial charge in [-0.3, -0.25) is 9.59 Å². The van der Waals surface area contributed by atoms with E-state index in [0.717, 1.165) is 16.5 Å². The van der Waals surface area contributed by atoms with Crippen molar-refractivity contribution >= 4 is 22.8 Å². The zero-order valence-electron chi connectivity index (χ0n) is 14.0. The lowest BCUT2D eigenvalue weighted by molar-refractivity contribution is -0.126. The van der Waals surface area contributed by atoms with Crippen molar-refractivity contribution in [1.29, 1.82) is 0 Å². The lowest BCUT2D eigenvalue weighted by Gasteiger charge is -2.12. The molecule has 0 saturated carbocycles. The van der Waals surface area contributed by atoms with E-state index < -0.39 is 0 Å². The minimum Gasteiger partial charge on any atom is -0.459 e. The number of rotatable bonds is 6. The average Bonchev–Trinajstić information content (AvgIpc) is 3.05. The lowest BCUT2D eigenvalue weighted by Crippen LogP contribution is -2.38. The fourth-order valence-corrected chi connectivity index (χ4v) is 2.60. The summed E-state index contributed by atoms with van der Waals surface area (Å²) in [5.41, 5.74) is 1.70. The molecule has 2 amide bonds. The van der Waals surface area contributed by atoms with Crippen LogP contribution in [-0.4, -0.2) is 18.4 Å². The molecule has 1 heterocycles. The van der Waals surface area contributed by atoms with E-state index in [1.807, 2.05) is 67.6 Å². The Hall–Kier alpha value is -3.08. The van der Waals surface area contributed by atoms with Gasteiger partial charge in [-0.25, -0.2) is 0 Å². The summed E-state index contributed by atoms with van der Waals surface area (Å²) < 4.78 is 5.73. The maximum Gasteiger partial charge on any atom is 0.239 e. The van der Waals surface area contributed by atoms with Crippen molar-refractivity contribution in [3.8, 4) is 0 Å². The van der Waals surface area contributed by atoms with E-state index in [2.05, 4.69) is 10.6 Å². The average molecular weight is 336 g/mol. The first-order chi connectivity index (χ1) is 12.1. The predicted molar refractivity (Wildman–Crippen MR) is 95.9 cm³/mol. The van der Waals surface area contributed by atoms with Crippen LogP contribution < -0.4 is 10.6 Å².